The van der Waals surface area contributed by atoms with Crippen LogP contribution in [-0.2, 0) is 4.79 Å². The number of nitrogens with two attached hydrogens (primary N) is 1. The molecule has 90 valence electrons. The summed E-state index contributed by atoms with van der Waals surface area (Å²) in [6, 6.07) is 8.02. The normalized spacial score (nSPS) is 12.6. The van der Waals surface area contributed by atoms with Crippen LogP contribution in [0, 0.1) is 0 Å². The standard InChI is InChI=1S/C11H13N3OS2/c1-7(6-10(15)14-12)16-11-13-8-4-2-3-5-9(8)17-11/h2-5,7H,6,12H2,1H3,(H,14,15). The summed E-state index contributed by atoms with van der Waals surface area (Å²) in [5.74, 6) is 4.91. The van der Waals surface area contributed by atoms with Crippen LogP contribution >= 0.6 is 23.1 Å². The minimum Gasteiger partial charge on any atom is -0.294 e. The lowest BCUT2D eigenvalue weighted by Crippen LogP contribution is -2.31. The second kappa shape index (κ2) is 5.48. The largest absolute Gasteiger partial charge is 0.294 e. The van der Waals surface area contributed by atoms with Crippen LogP contribution in [-0.4, -0.2) is 16.1 Å². The number of hydrogen-bond donors (Lipinski definition) is 2. The maximum absolute atomic E-state index is 11.1. The number of hydrazine groups is 1. The predicted molar refractivity (Wildman–Crippen MR) is 71.9 cm³/mol. The van der Waals surface area contributed by atoms with Crippen molar-refractivity contribution in [2.75, 3.05) is 0 Å². The third-order valence-electron chi connectivity index (χ3n) is 2.21. The van der Waals surface area contributed by atoms with Crippen molar-refractivity contribution in [3.8, 4) is 0 Å². The van der Waals surface area contributed by atoms with E-state index >= 15 is 0 Å². The lowest BCUT2D eigenvalue weighted by atomic mass is 10.3. The Balaban J connectivity index is 2.05. The number of nitrogens with one attached hydrogen (secondary N) is 1. The fraction of sp³-hybridized carbons (Fsp3) is 0.273. The van der Waals surface area contributed by atoms with Crippen LogP contribution in [0.4, 0.5) is 0 Å². The molecule has 6 heteroatoms. The van der Waals surface area contributed by atoms with Crippen LogP contribution in [0.5, 0.6) is 0 Å². The number of hydrogen-bond acceptors (Lipinski definition) is 5. The smallest absolute Gasteiger partial charge is 0.234 e. The summed E-state index contributed by atoms with van der Waals surface area (Å²) < 4.78 is 2.16. The first-order valence-corrected chi connectivity index (χ1v) is 6.90. The molecule has 2 aromatic rings. The summed E-state index contributed by atoms with van der Waals surface area (Å²) >= 11 is 3.25. The van der Waals surface area contributed by atoms with Crippen molar-refractivity contribution in [1.82, 2.24) is 10.4 Å². The van der Waals surface area contributed by atoms with E-state index in [1.54, 1.807) is 23.1 Å². The molecule has 17 heavy (non-hydrogen) atoms. The van der Waals surface area contributed by atoms with Crippen LogP contribution in [0.2, 0.25) is 0 Å². The average Bonchev–Trinajstić information content (AvgIpc) is 2.70. The molecule has 4 nitrogen and oxygen atoms in total. The van der Waals surface area contributed by atoms with Crippen molar-refractivity contribution >= 4 is 39.2 Å². The molecule has 0 radical (unpaired) electrons. The van der Waals surface area contributed by atoms with Gasteiger partial charge in [0.1, 0.15) is 0 Å². The minimum atomic E-state index is -0.147. The van der Waals surface area contributed by atoms with Gasteiger partial charge in [0.05, 0.1) is 10.2 Å². The molecule has 0 bridgehead atoms. The molecule has 0 aliphatic carbocycles. The van der Waals surface area contributed by atoms with Crippen LogP contribution in [0.25, 0.3) is 10.2 Å². The molecule has 1 atom stereocenters. The fourth-order valence-corrected chi connectivity index (χ4v) is 3.82. The number of para-hydroxylation sites is 1. The van der Waals surface area contributed by atoms with E-state index in [-0.39, 0.29) is 11.2 Å². The molecule has 1 unspecified atom stereocenters. The summed E-state index contributed by atoms with van der Waals surface area (Å²) in [6.45, 7) is 1.99. The zero-order valence-corrected chi connectivity index (χ0v) is 11.0. The van der Waals surface area contributed by atoms with Crippen molar-refractivity contribution in [2.24, 2.45) is 5.84 Å². The van der Waals surface area contributed by atoms with Crippen molar-refractivity contribution < 1.29 is 4.79 Å². The molecule has 0 spiro atoms. The number of nitrogens with zero attached hydrogens (tertiary/aromatic N) is 1. The number of amides is 1. The van der Waals surface area contributed by atoms with Crippen LogP contribution < -0.4 is 11.3 Å². The molecule has 2 rings (SSSR count). The van der Waals surface area contributed by atoms with Gasteiger partial charge in [-0.3, -0.25) is 10.2 Å². The van der Waals surface area contributed by atoms with E-state index < -0.39 is 0 Å². The first-order chi connectivity index (χ1) is 8.19. The van der Waals surface area contributed by atoms with Crippen LogP contribution in [0.3, 0.4) is 0 Å². The summed E-state index contributed by atoms with van der Waals surface area (Å²) in [5.41, 5.74) is 3.15. The molecule has 1 heterocycles. The SMILES string of the molecule is CC(CC(=O)NN)Sc1nc2ccccc2s1. The Morgan fingerprint density at radius 2 is 2.35 bits per heavy atom. The minimum absolute atomic E-state index is 0.147. The Hall–Kier alpha value is -1.11. The summed E-state index contributed by atoms with van der Waals surface area (Å²) in [7, 11) is 0. The first-order valence-electron chi connectivity index (χ1n) is 5.20. The van der Waals surface area contributed by atoms with Gasteiger partial charge in [0.2, 0.25) is 5.91 Å². The molecule has 0 aliphatic rings. The first kappa shape index (κ1) is 12.3. The fourth-order valence-electron chi connectivity index (χ4n) is 1.44. The van der Waals surface area contributed by atoms with Gasteiger partial charge in [-0.2, -0.15) is 0 Å². The van der Waals surface area contributed by atoms with E-state index in [2.05, 4.69) is 10.4 Å². The Kier molecular flexibility index (Phi) is 3.98. The van der Waals surface area contributed by atoms with Gasteiger partial charge in [0.25, 0.3) is 0 Å². The quantitative estimate of drug-likeness (QED) is 0.385. The van der Waals surface area contributed by atoms with Gasteiger partial charge in [-0.05, 0) is 12.1 Å². The van der Waals surface area contributed by atoms with E-state index in [0.717, 1.165) is 9.86 Å². The van der Waals surface area contributed by atoms with Gasteiger partial charge in [-0.1, -0.05) is 30.8 Å². The summed E-state index contributed by atoms with van der Waals surface area (Å²) in [5, 5.41) is 0.166. The van der Waals surface area contributed by atoms with Gasteiger partial charge >= 0.3 is 0 Å². The number of rotatable bonds is 4. The molecule has 3 N–H and O–H groups in total. The van der Waals surface area contributed by atoms with Gasteiger partial charge in [-0.15, -0.1) is 11.3 Å². The number of carbonyl (C=O) groups excluding carboxylic acids is 1. The van der Waals surface area contributed by atoms with E-state index in [1.807, 2.05) is 31.2 Å². The highest BCUT2D eigenvalue weighted by molar-refractivity contribution is 8.01. The van der Waals surface area contributed by atoms with E-state index in [9.17, 15) is 4.79 Å². The Labute approximate surface area is 108 Å². The highest BCUT2D eigenvalue weighted by atomic mass is 32.2. The highest BCUT2D eigenvalue weighted by Crippen LogP contribution is 2.32. The molecule has 1 aromatic heterocycles. The van der Waals surface area contributed by atoms with Gasteiger partial charge in [0, 0.05) is 11.7 Å². The lowest BCUT2D eigenvalue weighted by molar-refractivity contribution is -0.121. The van der Waals surface area contributed by atoms with Crippen LogP contribution in [0.1, 0.15) is 13.3 Å². The molecule has 1 amide bonds. The maximum atomic E-state index is 11.1. The number of thioether (sulfide) groups is 1. The van der Waals surface area contributed by atoms with Crippen molar-refractivity contribution in [1.29, 1.82) is 0 Å². The third-order valence-corrected chi connectivity index (χ3v) is 4.44. The van der Waals surface area contributed by atoms with E-state index in [1.165, 1.54) is 4.70 Å². The molecular formula is C11H13N3OS2. The Morgan fingerprint density at radius 3 is 3.06 bits per heavy atom. The summed E-state index contributed by atoms with van der Waals surface area (Å²) in [6.07, 6.45) is 0.400. The highest BCUT2D eigenvalue weighted by Gasteiger charge is 2.12. The van der Waals surface area contributed by atoms with E-state index in [0.29, 0.717) is 6.42 Å². The maximum Gasteiger partial charge on any atom is 0.234 e. The number of fused-ring (bicyclic) bond motifs is 1. The zero-order valence-electron chi connectivity index (χ0n) is 9.34. The second-order valence-electron chi connectivity index (χ2n) is 3.65. The molecule has 1 aromatic carbocycles. The van der Waals surface area contributed by atoms with Gasteiger partial charge < -0.3 is 0 Å². The summed E-state index contributed by atoms with van der Waals surface area (Å²) in [4.78, 5) is 15.6. The van der Waals surface area contributed by atoms with Gasteiger partial charge in [-0.25, -0.2) is 10.8 Å². The Morgan fingerprint density at radius 1 is 1.59 bits per heavy atom. The number of carbonyl (C=O) groups is 1. The van der Waals surface area contributed by atoms with Crippen molar-refractivity contribution in [3.05, 3.63) is 24.3 Å². The zero-order chi connectivity index (χ0) is 12.3. The molecule has 0 saturated heterocycles. The molecule has 0 aliphatic heterocycles. The second-order valence-corrected chi connectivity index (χ2v) is 6.36. The average molecular weight is 267 g/mol. The third kappa shape index (κ3) is 3.18. The number of thiazole rings is 1. The molecule has 0 fully saturated rings. The van der Waals surface area contributed by atoms with Crippen LogP contribution in [0.15, 0.2) is 28.6 Å². The van der Waals surface area contributed by atoms with Crippen molar-refractivity contribution in [2.45, 2.75) is 22.9 Å². The number of aromatic nitrogens is 1. The van der Waals surface area contributed by atoms with Gasteiger partial charge in [0.15, 0.2) is 4.34 Å². The molecular weight excluding hydrogens is 254 g/mol. The number of benzene rings is 1. The predicted octanol–water partition coefficient (Wildman–Crippen LogP) is 2.16. The van der Waals surface area contributed by atoms with E-state index in [4.69, 9.17) is 5.84 Å². The molecule has 0 saturated carbocycles. The lowest BCUT2D eigenvalue weighted by Gasteiger charge is -2.06. The topological polar surface area (TPSA) is 68.0 Å². The Bertz CT molecular complexity index is 493. The monoisotopic (exact) mass is 267 g/mol. The van der Waals surface area contributed by atoms with Crippen molar-refractivity contribution in [3.63, 3.8) is 0 Å².